The molecule has 0 radical (unpaired) electrons. The number of carbonyl (C=O) groups is 2. The maximum Gasteiger partial charge on any atom is 0.340 e. The van der Waals surface area contributed by atoms with Crippen LogP contribution in [0.25, 0.3) is 0 Å². The molecule has 0 saturated carbocycles. The van der Waals surface area contributed by atoms with Gasteiger partial charge in [0.25, 0.3) is 5.91 Å². The van der Waals surface area contributed by atoms with E-state index in [1.807, 2.05) is 20.8 Å². The third-order valence-electron chi connectivity index (χ3n) is 3.20. The molecule has 1 amide bonds. The summed E-state index contributed by atoms with van der Waals surface area (Å²) in [5.74, 6) is -0.123. The van der Waals surface area contributed by atoms with Crippen molar-refractivity contribution < 1.29 is 14.3 Å². The fourth-order valence-corrected chi connectivity index (χ4v) is 2.17. The van der Waals surface area contributed by atoms with Crippen molar-refractivity contribution >= 4 is 23.4 Å². The number of nitrogens with zero attached hydrogens (tertiary/aromatic N) is 1. The van der Waals surface area contributed by atoms with Gasteiger partial charge in [-0.2, -0.15) is 0 Å². The zero-order chi connectivity index (χ0) is 18.4. The van der Waals surface area contributed by atoms with Crippen LogP contribution >= 0.6 is 0 Å². The van der Waals surface area contributed by atoms with Gasteiger partial charge in [-0.25, -0.2) is 9.78 Å². The van der Waals surface area contributed by atoms with Gasteiger partial charge in [0.05, 0.1) is 17.9 Å². The molecule has 6 heteroatoms. The highest BCUT2D eigenvalue weighted by molar-refractivity contribution is 5.97. The zero-order valence-corrected chi connectivity index (χ0v) is 14.9. The normalized spacial score (nSPS) is 10.9. The Morgan fingerprint density at radius 3 is 2.56 bits per heavy atom. The molecule has 25 heavy (non-hydrogen) atoms. The third-order valence-corrected chi connectivity index (χ3v) is 3.20. The lowest BCUT2D eigenvalue weighted by atomic mass is 10.1. The quantitative estimate of drug-likeness (QED) is 0.813. The molecular formula is C19H23N3O3. The average molecular weight is 341 g/mol. The summed E-state index contributed by atoms with van der Waals surface area (Å²) in [7, 11) is 0. The van der Waals surface area contributed by atoms with Crippen molar-refractivity contribution in [2.75, 3.05) is 11.9 Å². The molecule has 0 unspecified atom stereocenters. The molecule has 2 N–H and O–H groups in total. The Bertz CT molecular complexity index is 767. The Hall–Kier alpha value is -2.89. The number of amides is 1. The molecule has 1 aromatic carbocycles. The second-order valence-corrected chi connectivity index (χ2v) is 6.52. The first kappa shape index (κ1) is 18.4. The number of carbonyl (C=O) groups excluding carboxylic acids is 2. The first-order valence-electron chi connectivity index (χ1n) is 8.12. The van der Waals surface area contributed by atoms with Gasteiger partial charge in [-0.3, -0.25) is 4.79 Å². The fourth-order valence-electron chi connectivity index (χ4n) is 2.17. The molecule has 1 aromatic heterocycles. The minimum atomic E-state index is -0.410. The molecule has 2 rings (SSSR count). The average Bonchev–Trinajstić information content (AvgIpc) is 2.54. The standard InChI is InChI=1S/C19H23N3O3/c1-5-25-18(24)14-8-6-7-9-15(14)21-16-12-13(10-11-20-16)17(23)22-19(2,3)4/h6-12H,5H2,1-4H3,(H,20,21)(H,22,23). The predicted molar refractivity (Wildman–Crippen MR) is 97.1 cm³/mol. The molecule has 0 aliphatic carbocycles. The number of aromatic nitrogens is 1. The van der Waals surface area contributed by atoms with E-state index in [1.165, 1.54) is 0 Å². The Balaban J connectivity index is 2.23. The number of pyridine rings is 1. The third kappa shape index (κ3) is 5.31. The largest absolute Gasteiger partial charge is 0.462 e. The maximum absolute atomic E-state index is 12.3. The summed E-state index contributed by atoms with van der Waals surface area (Å²) < 4.78 is 5.06. The van der Waals surface area contributed by atoms with Crippen LogP contribution < -0.4 is 10.6 Å². The second-order valence-electron chi connectivity index (χ2n) is 6.52. The lowest BCUT2D eigenvalue weighted by Crippen LogP contribution is -2.40. The fraction of sp³-hybridized carbons (Fsp3) is 0.316. The molecule has 1 heterocycles. The SMILES string of the molecule is CCOC(=O)c1ccccc1Nc1cc(C(=O)NC(C)(C)C)ccn1. The van der Waals surface area contributed by atoms with Gasteiger partial charge in [0.1, 0.15) is 5.82 Å². The number of para-hydroxylation sites is 1. The molecule has 2 aromatic rings. The first-order valence-corrected chi connectivity index (χ1v) is 8.12. The summed E-state index contributed by atoms with van der Waals surface area (Å²) in [6, 6.07) is 10.3. The van der Waals surface area contributed by atoms with E-state index < -0.39 is 5.97 Å². The van der Waals surface area contributed by atoms with Crippen LogP contribution in [0, 0.1) is 0 Å². The Morgan fingerprint density at radius 2 is 1.88 bits per heavy atom. The molecule has 0 bridgehead atoms. The van der Waals surface area contributed by atoms with Crippen molar-refractivity contribution in [2.24, 2.45) is 0 Å². The number of rotatable bonds is 5. The van der Waals surface area contributed by atoms with E-state index in [2.05, 4.69) is 15.6 Å². The minimum Gasteiger partial charge on any atom is -0.462 e. The molecule has 0 spiro atoms. The highest BCUT2D eigenvalue weighted by Crippen LogP contribution is 2.21. The first-order chi connectivity index (χ1) is 11.8. The van der Waals surface area contributed by atoms with Gasteiger partial charge in [-0.15, -0.1) is 0 Å². The summed E-state index contributed by atoms with van der Waals surface area (Å²) in [5, 5.41) is 5.98. The van der Waals surface area contributed by atoms with E-state index >= 15 is 0 Å². The number of benzene rings is 1. The maximum atomic E-state index is 12.3. The van der Waals surface area contributed by atoms with E-state index in [0.717, 1.165) is 0 Å². The highest BCUT2D eigenvalue weighted by atomic mass is 16.5. The molecular weight excluding hydrogens is 318 g/mol. The van der Waals surface area contributed by atoms with Crippen molar-refractivity contribution in [3.05, 3.63) is 53.7 Å². The molecule has 0 aliphatic heterocycles. The Kier molecular flexibility index (Phi) is 5.75. The molecule has 132 valence electrons. The number of anilines is 2. The number of ether oxygens (including phenoxy) is 1. The summed E-state index contributed by atoms with van der Waals surface area (Å²) in [4.78, 5) is 28.5. The van der Waals surface area contributed by atoms with Gasteiger partial charge in [0.15, 0.2) is 0 Å². The summed E-state index contributed by atoms with van der Waals surface area (Å²) in [6.07, 6.45) is 1.55. The highest BCUT2D eigenvalue weighted by Gasteiger charge is 2.16. The van der Waals surface area contributed by atoms with Crippen molar-refractivity contribution in [2.45, 2.75) is 33.2 Å². The molecule has 0 aliphatic rings. The van der Waals surface area contributed by atoms with Crippen molar-refractivity contribution in [1.82, 2.24) is 10.3 Å². The molecule has 0 fully saturated rings. The lowest BCUT2D eigenvalue weighted by molar-refractivity contribution is 0.0527. The van der Waals surface area contributed by atoms with E-state index in [-0.39, 0.29) is 11.4 Å². The Morgan fingerprint density at radius 1 is 1.16 bits per heavy atom. The number of hydrogen-bond acceptors (Lipinski definition) is 5. The van der Waals surface area contributed by atoms with Crippen LogP contribution in [-0.4, -0.2) is 29.0 Å². The number of esters is 1. The lowest BCUT2D eigenvalue weighted by Gasteiger charge is -2.20. The topological polar surface area (TPSA) is 80.3 Å². The molecule has 0 atom stereocenters. The van der Waals surface area contributed by atoms with Crippen LogP contribution in [0.1, 0.15) is 48.4 Å². The minimum absolute atomic E-state index is 0.184. The van der Waals surface area contributed by atoms with E-state index in [9.17, 15) is 9.59 Å². The predicted octanol–water partition coefficient (Wildman–Crippen LogP) is 3.53. The number of hydrogen-bond donors (Lipinski definition) is 2. The monoisotopic (exact) mass is 341 g/mol. The van der Waals surface area contributed by atoms with Gasteiger partial charge in [0.2, 0.25) is 0 Å². The van der Waals surface area contributed by atoms with E-state index in [4.69, 9.17) is 4.74 Å². The summed E-state index contributed by atoms with van der Waals surface area (Å²) >= 11 is 0. The van der Waals surface area contributed by atoms with Crippen LogP contribution in [-0.2, 0) is 4.74 Å². The Labute approximate surface area is 147 Å². The summed E-state index contributed by atoms with van der Waals surface area (Å²) in [5.41, 5.74) is 1.14. The molecule has 0 saturated heterocycles. The van der Waals surface area contributed by atoms with Crippen LogP contribution in [0.4, 0.5) is 11.5 Å². The number of nitrogens with one attached hydrogen (secondary N) is 2. The zero-order valence-electron chi connectivity index (χ0n) is 14.9. The van der Waals surface area contributed by atoms with Gasteiger partial charge in [-0.05, 0) is 52.0 Å². The molecule has 6 nitrogen and oxygen atoms in total. The van der Waals surface area contributed by atoms with Crippen LogP contribution in [0.3, 0.4) is 0 Å². The smallest absolute Gasteiger partial charge is 0.340 e. The van der Waals surface area contributed by atoms with Gasteiger partial charge >= 0.3 is 5.97 Å². The van der Waals surface area contributed by atoms with Crippen molar-refractivity contribution in [3.8, 4) is 0 Å². The van der Waals surface area contributed by atoms with Crippen molar-refractivity contribution in [3.63, 3.8) is 0 Å². The van der Waals surface area contributed by atoms with Crippen LogP contribution in [0.15, 0.2) is 42.6 Å². The summed E-state index contributed by atoms with van der Waals surface area (Å²) in [6.45, 7) is 7.81. The van der Waals surface area contributed by atoms with E-state index in [1.54, 1.807) is 49.5 Å². The van der Waals surface area contributed by atoms with Crippen LogP contribution in [0.2, 0.25) is 0 Å². The van der Waals surface area contributed by atoms with Gasteiger partial charge in [-0.1, -0.05) is 12.1 Å². The van der Waals surface area contributed by atoms with Gasteiger partial charge < -0.3 is 15.4 Å². The second kappa shape index (κ2) is 7.79. The van der Waals surface area contributed by atoms with E-state index in [0.29, 0.717) is 29.2 Å². The van der Waals surface area contributed by atoms with Gasteiger partial charge in [0, 0.05) is 17.3 Å². The van der Waals surface area contributed by atoms with Crippen molar-refractivity contribution in [1.29, 1.82) is 0 Å². The van der Waals surface area contributed by atoms with Crippen LogP contribution in [0.5, 0.6) is 0 Å².